The van der Waals surface area contributed by atoms with Crippen molar-refractivity contribution in [3.8, 4) is 0 Å². The summed E-state index contributed by atoms with van der Waals surface area (Å²) in [4.78, 5) is 16.8. The zero-order valence-electron chi connectivity index (χ0n) is 14.1. The summed E-state index contributed by atoms with van der Waals surface area (Å²) >= 11 is 0. The molecule has 3 heterocycles. The third-order valence-electron chi connectivity index (χ3n) is 4.63. The SMILES string of the molecule is Cc1cn2c(n1)CC[C@H](NC(=O)[C@@H](C)OC[C@@H]1CCCCO1)C2. The number of ether oxygens (including phenoxy) is 2. The van der Waals surface area contributed by atoms with E-state index >= 15 is 0 Å². The fraction of sp³-hybridized carbons (Fsp3) is 0.765. The quantitative estimate of drug-likeness (QED) is 0.894. The van der Waals surface area contributed by atoms with Crippen molar-refractivity contribution >= 4 is 5.91 Å². The number of hydrogen-bond acceptors (Lipinski definition) is 4. The van der Waals surface area contributed by atoms with Gasteiger partial charge in [-0.05, 0) is 39.5 Å². The van der Waals surface area contributed by atoms with Crippen LogP contribution in [0, 0.1) is 6.92 Å². The fourth-order valence-corrected chi connectivity index (χ4v) is 3.29. The van der Waals surface area contributed by atoms with Crippen molar-refractivity contribution in [2.24, 2.45) is 0 Å². The van der Waals surface area contributed by atoms with Crippen LogP contribution >= 0.6 is 0 Å². The van der Waals surface area contributed by atoms with E-state index < -0.39 is 6.10 Å². The highest BCUT2D eigenvalue weighted by Gasteiger charge is 2.24. The second kappa shape index (κ2) is 7.45. The van der Waals surface area contributed by atoms with Gasteiger partial charge in [-0.2, -0.15) is 0 Å². The lowest BCUT2D eigenvalue weighted by Gasteiger charge is -2.27. The standard InChI is InChI=1S/C17H27N3O3/c1-12-9-20-10-14(6-7-16(20)18-12)19-17(21)13(2)23-11-15-5-3-4-8-22-15/h9,13-15H,3-8,10-11H2,1-2H3,(H,19,21)/t13-,14+,15+/m1/s1. The Bertz CT molecular complexity index is 537. The Morgan fingerprint density at radius 1 is 1.52 bits per heavy atom. The zero-order chi connectivity index (χ0) is 16.2. The van der Waals surface area contributed by atoms with Crippen molar-refractivity contribution in [3.05, 3.63) is 17.7 Å². The normalized spacial score (nSPS) is 25.7. The highest BCUT2D eigenvalue weighted by molar-refractivity contribution is 5.80. The molecule has 0 aromatic carbocycles. The van der Waals surface area contributed by atoms with Gasteiger partial charge in [-0.25, -0.2) is 4.98 Å². The number of aromatic nitrogens is 2. The Morgan fingerprint density at radius 2 is 2.39 bits per heavy atom. The van der Waals surface area contributed by atoms with Crippen molar-refractivity contribution in [2.45, 2.75) is 70.7 Å². The smallest absolute Gasteiger partial charge is 0.249 e. The lowest BCUT2D eigenvalue weighted by Crippen LogP contribution is -2.45. The average Bonchev–Trinajstić information content (AvgIpc) is 2.92. The predicted octanol–water partition coefficient (Wildman–Crippen LogP) is 1.60. The van der Waals surface area contributed by atoms with Crippen LogP contribution < -0.4 is 5.32 Å². The van der Waals surface area contributed by atoms with E-state index in [9.17, 15) is 4.79 Å². The largest absolute Gasteiger partial charge is 0.376 e. The van der Waals surface area contributed by atoms with Crippen LogP contribution in [0.1, 0.15) is 44.1 Å². The summed E-state index contributed by atoms with van der Waals surface area (Å²) < 4.78 is 13.5. The van der Waals surface area contributed by atoms with Crippen molar-refractivity contribution in [1.29, 1.82) is 0 Å². The van der Waals surface area contributed by atoms with Gasteiger partial charge in [0, 0.05) is 31.8 Å². The van der Waals surface area contributed by atoms with Crippen LogP contribution in [0.15, 0.2) is 6.20 Å². The van der Waals surface area contributed by atoms with Crippen molar-refractivity contribution in [1.82, 2.24) is 14.9 Å². The molecular formula is C17H27N3O3. The maximum Gasteiger partial charge on any atom is 0.249 e. The van der Waals surface area contributed by atoms with E-state index in [0.29, 0.717) is 6.61 Å². The molecule has 1 aromatic rings. The molecule has 6 heteroatoms. The minimum absolute atomic E-state index is 0.0360. The molecule has 128 valence electrons. The van der Waals surface area contributed by atoms with Gasteiger partial charge in [-0.3, -0.25) is 4.79 Å². The van der Waals surface area contributed by atoms with E-state index in [4.69, 9.17) is 9.47 Å². The maximum absolute atomic E-state index is 12.3. The molecule has 3 atom stereocenters. The topological polar surface area (TPSA) is 65.4 Å². The molecule has 1 aromatic heterocycles. The van der Waals surface area contributed by atoms with Gasteiger partial charge in [0.1, 0.15) is 11.9 Å². The van der Waals surface area contributed by atoms with Crippen LogP contribution in [0.3, 0.4) is 0 Å². The monoisotopic (exact) mass is 321 g/mol. The van der Waals surface area contributed by atoms with Crippen LogP contribution in [0.5, 0.6) is 0 Å². The number of carbonyl (C=O) groups is 1. The molecule has 3 rings (SSSR count). The molecule has 1 fully saturated rings. The van der Waals surface area contributed by atoms with Crippen LogP contribution in [0.25, 0.3) is 0 Å². The van der Waals surface area contributed by atoms with Crippen molar-refractivity contribution < 1.29 is 14.3 Å². The lowest BCUT2D eigenvalue weighted by atomic mass is 10.1. The number of carbonyl (C=O) groups excluding carboxylic acids is 1. The molecule has 0 radical (unpaired) electrons. The molecule has 6 nitrogen and oxygen atoms in total. The van der Waals surface area contributed by atoms with Gasteiger partial charge in [0.15, 0.2) is 0 Å². The summed E-state index contributed by atoms with van der Waals surface area (Å²) in [5, 5.41) is 3.10. The molecule has 0 bridgehead atoms. The van der Waals surface area contributed by atoms with E-state index in [2.05, 4.69) is 14.9 Å². The van der Waals surface area contributed by atoms with Crippen molar-refractivity contribution in [2.75, 3.05) is 13.2 Å². The molecule has 0 unspecified atom stereocenters. The molecule has 0 spiro atoms. The number of nitrogens with one attached hydrogen (secondary N) is 1. The molecule has 0 saturated carbocycles. The third-order valence-corrected chi connectivity index (χ3v) is 4.63. The summed E-state index contributed by atoms with van der Waals surface area (Å²) in [5.41, 5.74) is 1.04. The first-order valence-electron chi connectivity index (χ1n) is 8.68. The highest BCUT2D eigenvalue weighted by Crippen LogP contribution is 2.16. The van der Waals surface area contributed by atoms with E-state index in [1.807, 2.05) is 20.0 Å². The summed E-state index contributed by atoms with van der Waals surface area (Å²) in [6.07, 6.45) is 6.93. The van der Waals surface area contributed by atoms with Gasteiger partial charge in [-0.1, -0.05) is 0 Å². The van der Waals surface area contributed by atoms with Gasteiger partial charge in [-0.15, -0.1) is 0 Å². The first-order valence-corrected chi connectivity index (χ1v) is 8.68. The van der Waals surface area contributed by atoms with Gasteiger partial charge in [0.2, 0.25) is 5.91 Å². The second-order valence-electron chi connectivity index (χ2n) is 6.66. The van der Waals surface area contributed by atoms with Crippen LogP contribution in [0.2, 0.25) is 0 Å². The predicted molar refractivity (Wildman–Crippen MR) is 86.2 cm³/mol. The Hall–Kier alpha value is -1.40. The highest BCUT2D eigenvalue weighted by atomic mass is 16.5. The van der Waals surface area contributed by atoms with Gasteiger partial charge >= 0.3 is 0 Å². The fourth-order valence-electron chi connectivity index (χ4n) is 3.29. The number of nitrogens with zero attached hydrogens (tertiary/aromatic N) is 2. The first-order chi connectivity index (χ1) is 11.1. The Labute approximate surface area is 137 Å². The zero-order valence-corrected chi connectivity index (χ0v) is 14.1. The van der Waals surface area contributed by atoms with E-state index in [0.717, 1.165) is 50.4 Å². The molecule has 1 N–H and O–H groups in total. The average molecular weight is 321 g/mol. The van der Waals surface area contributed by atoms with Crippen LogP contribution in [-0.4, -0.2) is 46.9 Å². The van der Waals surface area contributed by atoms with E-state index in [1.54, 1.807) is 0 Å². The Kier molecular flexibility index (Phi) is 5.33. The third kappa shape index (κ3) is 4.32. The number of fused-ring (bicyclic) bond motifs is 1. The second-order valence-corrected chi connectivity index (χ2v) is 6.66. The lowest BCUT2D eigenvalue weighted by molar-refractivity contribution is -0.136. The van der Waals surface area contributed by atoms with Gasteiger partial charge in [0.25, 0.3) is 0 Å². The first kappa shape index (κ1) is 16.5. The minimum Gasteiger partial charge on any atom is -0.376 e. The van der Waals surface area contributed by atoms with Crippen LogP contribution in [0.4, 0.5) is 0 Å². The Balaban J connectivity index is 1.43. The molecule has 1 amide bonds. The van der Waals surface area contributed by atoms with Crippen molar-refractivity contribution in [3.63, 3.8) is 0 Å². The summed E-state index contributed by atoms with van der Waals surface area (Å²) in [6.45, 7) is 5.92. The number of imidazole rings is 1. The molecule has 2 aliphatic heterocycles. The maximum atomic E-state index is 12.3. The number of aryl methyl sites for hydroxylation is 2. The Morgan fingerprint density at radius 3 is 3.17 bits per heavy atom. The molecule has 1 saturated heterocycles. The van der Waals surface area contributed by atoms with Crippen LogP contribution in [-0.2, 0) is 27.2 Å². The van der Waals surface area contributed by atoms with E-state index in [1.165, 1.54) is 6.42 Å². The molecule has 2 aliphatic rings. The summed E-state index contributed by atoms with van der Waals surface area (Å²) in [6, 6.07) is 0.153. The summed E-state index contributed by atoms with van der Waals surface area (Å²) in [5.74, 6) is 1.08. The number of hydrogen-bond donors (Lipinski definition) is 1. The number of amides is 1. The van der Waals surface area contributed by atoms with E-state index in [-0.39, 0.29) is 18.1 Å². The van der Waals surface area contributed by atoms with Gasteiger partial charge in [0.05, 0.1) is 18.4 Å². The summed E-state index contributed by atoms with van der Waals surface area (Å²) in [7, 11) is 0. The number of rotatable bonds is 5. The minimum atomic E-state index is -0.438. The molecule has 0 aliphatic carbocycles. The molecule has 23 heavy (non-hydrogen) atoms. The molecular weight excluding hydrogens is 294 g/mol. The van der Waals surface area contributed by atoms with Gasteiger partial charge < -0.3 is 19.4 Å².